The predicted octanol–water partition coefficient (Wildman–Crippen LogP) is 3.65. The van der Waals surface area contributed by atoms with Crippen LogP contribution in [0, 0.1) is 10.1 Å². The van der Waals surface area contributed by atoms with Crippen molar-refractivity contribution < 1.29 is 4.92 Å². The topological polar surface area (TPSA) is 85.0 Å². The van der Waals surface area contributed by atoms with Crippen molar-refractivity contribution in [1.82, 2.24) is 9.78 Å². The van der Waals surface area contributed by atoms with Crippen LogP contribution in [-0.4, -0.2) is 19.8 Å². The number of anilines is 2. The van der Waals surface area contributed by atoms with Gasteiger partial charge in [-0.3, -0.25) is 14.8 Å². The van der Waals surface area contributed by atoms with Gasteiger partial charge in [0.15, 0.2) is 10.9 Å². The highest BCUT2D eigenvalue weighted by molar-refractivity contribution is 7.80. The first-order valence-corrected chi connectivity index (χ1v) is 7.91. The van der Waals surface area contributed by atoms with Crippen LogP contribution in [0.15, 0.2) is 66.9 Å². The number of nitrogens with zero attached hydrogens (tertiary/aromatic N) is 3. The predicted molar refractivity (Wildman–Crippen MR) is 101 cm³/mol. The van der Waals surface area contributed by atoms with Gasteiger partial charge in [-0.2, -0.15) is 5.10 Å². The molecule has 0 amide bonds. The van der Waals surface area contributed by atoms with E-state index < -0.39 is 4.92 Å². The molecule has 2 N–H and O–H groups in total. The van der Waals surface area contributed by atoms with Crippen LogP contribution in [0.1, 0.15) is 5.56 Å². The Morgan fingerprint density at radius 2 is 1.92 bits per heavy atom. The van der Waals surface area contributed by atoms with Crippen molar-refractivity contribution in [2.24, 2.45) is 0 Å². The average molecular weight is 353 g/mol. The van der Waals surface area contributed by atoms with E-state index in [1.54, 1.807) is 16.8 Å². The van der Waals surface area contributed by atoms with Crippen molar-refractivity contribution in [1.29, 1.82) is 0 Å². The second kappa shape index (κ2) is 7.54. The van der Waals surface area contributed by atoms with E-state index in [4.69, 9.17) is 12.2 Å². The van der Waals surface area contributed by atoms with Gasteiger partial charge in [-0.1, -0.05) is 36.4 Å². The van der Waals surface area contributed by atoms with Gasteiger partial charge in [-0.25, -0.2) is 0 Å². The average Bonchev–Trinajstić information content (AvgIpc) is 3.02. The van der Waals surface area contributed by atoms with Gasteiger partial charge in [0.1, 0.15) is 0 Å². The number of thiocarbonyl (C=S) groups is 1. The highest BCUT2D eigenvalue weighted by atomic mass is 32.1. The summed E-state index contributed by atoms with van der Waals surface area (Å²) in [4.78, 5) is 10.3. The number of nitro groups is 1. The van der Waals surface area contributed by atoms with Crippen LogP contribution in [-0.2, 0) is 6.54 Å². The molecule has 0 fully saturated rings. The minimum atomic E-state index is -0.451. The molecule has 0 bridgehead atoms. The van der Waals surface area contributed by atoms with Crippen molar-refractivity contribution in [2.45, 2.75) is 6.54 Å². The van der Waals surface area contributed by atoms with E-state index in [2.05, 4.69) is 15.7 Å². The van der Waals surface area contributed by atoms with Crippen LogP contribution in [0.4, 0.5) is 17.2 Å². The molecule has 3 rings (SSSR count). The highest BCUT2D eigenvalue weighted by Crippen LogP contribution is 2.17. The lowest BCUT2D eigenvalue weighted by molar-refractivity contribution is -0.384. The number of nitro benzene ring substituents is 1. The van der Waals surface area contributed by atoms with E-state index in [0.717, 1.165) is 5.56 Å². The SMILES string of the molecule is O=[N+]([O-])c1cccc(NC(=S)Nc2ccn(Cc3ccccc3)n2)c1. The normalized spacial score (nSPS) is 10.2. The summed E-state index contributed by atoms with van der Waals surface area (Å²) in [6.07, 6.45) is 1.85. The Morgan fingerprint density at radius 3 is 2.68 bits per heavy atom. The molecule has 0 atom stereocenters. The number of benzene rings is 2. The third kappa shape index (κ3) is 4.61. The lowest BCUT2D eigenvalue weighted by atomic mass is 10.2. The summed E-state index contributed by atoms with van der Waals surface area (Å²) in [6, 6.07) is 17.9. The maximum absolute atomic E-state index is 10.8. The molecular formula is C17H15N5O2S. The molecule has 7 nitrogen and oxygen atoms in total. The maximum Gasteiger partial charge on any atom is 0.271 e. The molecule has 0 saturated carbocycles. The largest absolute Gasteiger partial charge is 0.332 e. The van der Waals surface area contributed by atoms with Gasteiger partial charge in [0.05, 0.1) is 11.5 Å². The first-order valence-electron chi connectivity index (χ1n) is 7.50. The van der Waals surface area contributed by atoms with E-state index in [1.165, 1.54) is 12.1 Å². The Morgan fingerprint density at radius 1 is 1.12 bits per heavy atom. The molecule has 0 aliphatic carbocycles. The molecular weight excluding hydrogens is 338 g/mol. The van der Waals surface area contributed by atoms with Crippen molar-refractivity contribution in [3.05, 3.63) is 82.5 Å². The van der Waals surface area contributed by atoms with Gasteiger partial charge < -0.3 is 10.6 Å². The van der Waals surface area contributed by atoms with Gasteiger partial charge in [0.25, 0.3) is 5.69 Å². The minimum Gasteiger partial charge on any atom is -0.332 e. The first-order chi connectivity index (χ1) is 12.1. The number of aromatic nitrogens is 2. The zero-order valence-electron chi connectivity index (χ0n) is 13.1. The minimum absolute atomic E-state index is 0.0000565. The molecule has 0 unspecified atom stereocenters. The summed E-state index contributed by atoms with van der Waals surface area (Å²) >= 11 is 5.22. The second-order valence-corrected chi connectivity index (χ2v) is 5.68. The van der Waals surface area contributed by atoms with E-state index >= 15 is 0 Å². The number of nitrogens with one attached hydrogen (secondary N) is 2. The Labute approximate surface area is 149 Å². The fourth-order valence-electron chi connectivity index (χ4n) is 2.26. The van der Waals surface area contributed by atoms with E-state index in [-0.39, 0.29) is 5.69 Å². The molecule has 0 aliphatic heterocycles. The molecule has 0 aliphatic rings. The van der Waals surface area contributed by atoms with Gasteiger partial charge in [0.2, 0.25) is 0 Å². The summed E-state index contributed by atoms with van der Waals surface area (Å²) in [7, 11) is 0. The van der Waals surface area contributed by atoms with Gasteiger partial charge >= 0.3 is 0 Å². The maximum atomic E-state index is 10.8. The van der Waals surface area contributed by atoms with Crippen molar-refractivity contribution in [3.8, 4) is 0 Å². The van der Waals surface area contributed by atoms with Crippen LogP contribution in [0.2, 0.25) is 0 Å². The molecule has 0 saturated heterocycles. The second-order valence-electron chi connectivity index (χ2n) is 5.27. The van der Waals surface area contributed by atoms with Crippen LogP contribution in [0.5, 0.6) is 0 Å². The van der Waals surface area contributed by atoms with Crippen molar-refractivity contribution in [2.75, 3.05) is 10.6 Å². The van der Waals surface area contributed by atoms with Crippen LogP contribution in [0.3, 0.4) is 0 Å². The summed E-state index contributed by atoms with van der Waals surface area (Å²) < 4.78 is 1.80. The van der Waals surface area contributed by atoms with E-state index in [9.17, 15) is 10.1 Å². The standard InChI is InChI=1S/C17H15N5O2S/c23-22(24)15-8-4-7-14(11-15)18-17(25)19-16-9-10-21(20-16)12-13-5-2-1-3-6-13/h1-11H,12H2,(H2,18,19,20,25). The monoisotopic (exact) mass is 353 g/mol. The van der Waals surface area contributed by atoms with Crippen LogP contribution >= 0.6 is 12.2 Å². The third-order valence-corrected chi connectivity index (χ3v) is 3.59. The summed E-state index contributed by atoms with van der Waals surface area (Å²) in [5.41, 5.74) is 1.69. The molecule has 2 aromatic carbocycles. The number of hydrogen-bond donors (Lipinski definition) is 2. The van der Waals surface area contributed by atoms with Crippen molar-refractivity contribution >= 4 is 34.5 Å². The van der Waals surface area contributed by atoms with Gasteiger partial charge in [-0.05, 0) is 23.8 Å². The third-order valence-electron chi connectivity index (χ3n) is 3.38. The molecule has 25 heavy (non-hydrogen) atoms. The van der Waals surface area contributed by atoms with Crippen LogP contribution < -0.4 is 10.6 Å². The Balaban J connectivity index is 1.60. The molecule has 126 valence electrons. The Kier molecular flexibility index (Phi) is 5.00. The number of rotatable bonds is 5. The first kappa shape index (κ1) is 16.6. The summed E-state index contributed by atoms with van der Waals surface area (Å²) in [6.45, 7) is 0.660. The fraction of sp³-hybridized carbons (Fsp3) is 0.0588. The molecule has 0 spiro atoms. The summed E-state index contributed by atoms with van der Waals surface area (Å²) in [5.74, 6) is 0.596. The zero-order valence-corrected chi connectivity index (χ0v) is 13.9. The van der Waals surface area contributed by atoms with Crippen molar-refractivity contribution in [3.63, 3.8) is 0 Å². The highest BCUT2D eigenvalue weighted by Gasteiger charge is 2.07. The molecule has 1 heterocycles. The quantitative estimate of drug-likeness (QED) is 0.414. The molecule has 8 heteroatoms. The fourth-order valence-corrected chi connectivity index (χ4v) is 2.49. The van der Waals surface area contributed by atoms with Gasteiger partial charge in [0, 0.05) is 30.1 Å². The Hall–Kier alpha value is -3.26. The molecule has 1 aromatic heterocycles. The Bertz CT molecular complexity index is 895. The number of hydrogen-bond acceptors (Lipinski definition) is 4. The van der Waals surface area contributed by atoms with Crippen LogP contribution in [0.25, 0.3) is 0 Å². The lowest BCUT2D eigenvalue weighted by Crippen LogP contribution is -2.19. The molecule has 0 radical (unpaired) electrons. The number of non-ortho nitro benzene ring substituents is 1. The lowest BCUT2D eigenvalue weighted by Gasteiger charge is -2.08. The van der Waals surface area contributed by atoms with Gasteiger partial charge in [-0.15, -0.1) is 0 Å². The smallest absolute Gasteiger partial charge is 0.271 e. The molecule has 3 aromatic rings. The van der Waals surface area contributed by atoms with E-state index in [1.807, 2.05) is 42.6 Å². The summed E-state index contributed by atoms with van der Waals surface area (Å²) in [5, 5.41) is 21.4. The zero-order chi connectivity index (χ0) is 17.6. The van der Waals surface area contributed by atoms with E-state index in [0.29, 0.717) is 23.2 Å².